The van der Waals surface area contributed by atoms with Gasteiger partial charge in [0.1, 0.15) is 9.79 Å². The number of anilines is 5. The molecule has 15 heteroatoms. The van der Waals surface area contributed by atoms with E-state index in [-0.39, 0.29) is 29.0 Å². The van der Waals surface area contributed by atoms with Gasteiger partial charge < -0.3 is 16.4 Å². The van der Waals surface area contributed by atoms with Crippen molar-refractivity contribution in [2.24, 2.45) is 0 Å². The zero-order chi connectivity index (χ0) is 22.1. The fourth-order valence-electron chi connectivity index (χ4n) is 2.37. The van der Waals surface area contributed by atoms with Crippen molar-refractivity contribution in [3.63, 3.8) is 0 Å². The minimum atomic E-state index is -4.57. The van der Waals surface area contributed by atoms with Gasteiger partial charge in [-0.3, -0.25) is 9.11 Å². The van der Waals surface area contributed by atoms with Gasteiger partial charge in [-0.15, -0.1) is 0 Å². The van der Waals surface area contributed by atoms with Crippen LogP contribution in [0.25, 0.3) is 0 Å². The van der Waals surface area contributed by atoms with E-state index in [1.54, 1.807) is 0 Å². The molecule has 3 rings (SSSR count). The summed E-state index contributed by atoms with van der Waals surface area (Å²) < 4.78 is 77.4. The van der Waals surface area contributed by atoms with E-state index < -0.39 is 36.1 Å². The summed E-state index contributed by atoms with van der Waals surface area (Å²) in [7, 11) is -9.09. The number of aromatic nitrogens is 3. The molecule has 1 heterocycles. The third kappa shape index (κ3) is 4.95. The number of benzene rings is 2. The van der Waals surface area contributed by atoms with Gasteiger partial charge in [0.2, 0.25) is 11.9 Å². The molecule has 0 radical (unpaired) electrons. The number of nitrogens with two attached hydrogens (primary N) is 1. The summed E-state index contributed by atoms with van der Waals surface area (Å²) in [5.41, 5.74) is 5.35. The lowest BCUT2D eigenvalue weighted by atomic mass is 10.3. The Morgan fingerprint density at radius 1 is 0.833 bits per heavy atom. The minimum absolute atomic E-state index is 0.113. The van der Waals surface area contributed by atoms with Gasteiger partial charge in [0, 0.05) is 5.69 Å². The first-order valence-corrected chi connectivity index (χ1v) is 10.7. The van der Waals surface area contributed by atoms with E-state index in [1.807, 2.05) is 0 Å². The van der Waals surface area contributed by atoms with Gasteiger partial charge >= 0.3 is 6.08 Å². The highest BCUT2D eigenvalue weighted by atomic mass is 32.2. The number of rotatable bonds is 6. The number of hydrogen-bond donors (Lipinski definition) is 5. The summed E-state index contributed by atoms with van der Waals surface area (Å²) in [4.78, 5) is 9.72. The highest BCUT2D eigenvalue weighted by Crippen LogP contribution is 2.26. The van der Waals surface area contributed by atoms with E-state index in [4.69, 9.17) is 10.3 Å². The van der Waals surface area contributed by atoms with Crippen molar-refractivity contribution in [3.8, 4) is 0 Å². The quantitative estimate of drug-likeness (QED) is 0.265. The molecule has 0 aliphatic rings. The maximum absolute atomic E-state index is 13.8. The molecule has 1 aromatic heterocycles. The normalized spacial score (nSPS) is 11.8. The lowest BCUT2D eigenvalue weighted by molar-refractivity contribution is 0.481. The van der Waals surface area contributed by atoms with Crippen LogP contribution in [0.1, 0.15) is 0 Å². The Labute approximate surface area is 169 Å². The molecule has 0 aliphatic heterocycles. The molecule has 0 saturated heterocycles. The van der Waals surface area contributed by atoms with E-state index in [0.29, 0.717) is 0 Å². The first-order chi connectivity index (χ1) is 13.9. The minimum Gasteiger partial charge on any atom is -0.398 e. The van der Waals surface area contributed by atoms with Crippen LogP contribution in [0.3, 0.4) is 0 Å². The Hall–Kier alpha value is -3.40. The lowest BCUT2D eigenvalue weighted by Gasteiger charge is -2.11. The van der Waals surface area contributed by atoms with E-state index in [1.165, 1.54) is 24.3 Å². The smallest absolute Gasteiger partial charge is 0.315 e. The van der Waals surface area contributed by atoms with Crippen LogP contribution in [0.2, 0.25) is 0 Å². The molecule has 0 amide bonds. The largest absolute Gasteiger partial charge is 0.398 e. The maximum atomic E-state index is 13.8. The van der Waals surface area contributed by atoms with Gasteiger partial charge in [0.25, 0.3) is 20.2 Å². The average Bonchev–Trinajstić information content (AvgIpc) is 2.59. The topological polar surface area (TPSA) is 197 Å². The van der Waals surface area contributed by atoms with Crippen LogP contribution < -0.4 is 16.4 Å². The van der Waals surface area contributed by atoms with Crippen LogP contribution in [0.15, 0.2) is 52.3 Å². The summed E-state index contributed by atoms with van der Waals surface area (Å²) >= 11 is 0. The highest BCUT2D eigenvalue weighted by molar-refractivity contribution is 7.86. The average molecular weight is 456 g/mol. The number of hydrogen-bond acceptors (Lipinski definition) is 10. The molecule has 0 unspecified atom stereocenters. The van der Waals surface area contributed by atoms with E-state index in [0.717, 1.165) is 18.2 Å². The molecule has 158 valence electrons. The number of halogens is 1. The van der Waals surface area contributed by atoms with Gasteiger partial charge in [-0.25, -0.2) is 0 Å². The molecule has 12 nitrogen and oxygen atoms in total. The molecule has 0 bridgehead atoms. The molecule has 0 spiro atoms. The second-order valence-electron chi connectivity index (χ2n) is 5.70. The van der Waals surface area contributed by atoms with Crippen molar-refractivity contribution in [2.75, 3.05) is 16.4 Å². The molecule has 0 atom stereocenters. The van der Waals surface area contributed by atoms with Gasteiger partial charge in [-0.2, -0.15) is 36.2 Å². The first kappa shape index (κ1) is 21.3. The Bertz CT molecular complexity index is 1330. The summed E-state index contributed by atoms with van der Waals surface area (Å²) in [6.07, 6.45) is -1.22. The molecular weight excluding hydrogens is 443 g/mol. The van der Waals surface area contributed by atoms with Gasteiger partial charge in [0.15, 0.2) is 0 Å². The molecule has 0 saturated carbocycles. The predicted molar refractivity (Wildman–Crippen MR) is 103 cm³/mol. The summed E-state index contributed by atoms with van der Waals surface area (Å²) in [5, 5.41) is 5.04. The van der Waals surface area contributed by atoms with E-state index in [9.17, 15) is 25.8 Å². The molecule has 30 heavy (non-hydrogen) atoms. The van der Waals surface area contributed by atoms with Crippen LogP contribution in [0.5, 0.6) is 0 Å². The fraction of sp³-hybridized carbons (Fsp3) is 0. The van der Waals surface area contributed by atoms with Gasteiger partial charge in [-0.05, 0) is 30.3 Å². The summed E-state index contributed by atoms with van der Waals surface area (Å²) in [6.45, 7) is 0. The number of para-hydroxylation sites is 1. The van der Waals surface area contributed by atoms with Crippen molar-refractivity contribution in [1.82, 2.24) is 15.0 Å². The fourth-order valence-corrected chi connectivity index (χ4v) is 3.61. The maximum Gasteiger partial charge on any atom is 0.315 e. The Morgan fingerprint density at radius 2 is 1.43 bits per heavy atom. The SMILES string of the molecule is Nc1cc(Nc2nc(F)nc(Nc3ccccc3S(=O)(=O)O)n2)ccc1S(=O)(=O)O. The van der Waals surface area contributed by atoms with Crippen LogP contribution in [-0.4, -0.2) is 40.9 Å². The molecular formula is C15H13FN6O6S2. The van der Waals surface area contributed by atoms with E-state index >= 15 is 0 Å². The number of nitrogens with one attached hydrogen (secondary N) is 2. The number of nitrogens with zero attached hydrogens (tertiary/aromatic N) is 3. The van der Waals surface area contributed by atoms with Crippen LogP contribution in [0.4, 0.5) is 33.3 Å². The second-order valence-corrected chi connectivity index (χ2v) is 8.48. The zero-order valence-electron chi connectivity index (χ0n) is 14.7. The number of nitrogen functional groups attached to an aromatic ring is 1. The lowest BCUT2D eigenvalue weighted by Crippen LogP contribution is -2.09. The second kappa shape index (κ2) is 7.79. The molecule has 2 aromatic carbocycles. The van der Waals surface area contributed by atoms with E-state index in [2.05, 4.69) is 25.6 Å². The van der Waals surface area contributed by atoms with Gasteiger partial charge in [-0.1, -0.05) is 12.1 Å². The van der Waals surface area contributed by atoms with Crippen LogP contribution >= 0.6 is 0 Å². The van der Waals surface area contributed by atoms with Gasteiger partial charge in [0.05, 0.1) is 11.4 Å². The highest BCUT2D eigenvalue weighted by Gasteiger charge is 2.17. The van der Waals surface area contributed by atoms with Crippen LogP contribution in [0, 0.1) is 6.08 Å². The Balaban J connectivity index is 1.91. The Kier molecular flexibility index (Phi) is 5.53. The first-order valence-electron chi connectivity index (χ1n) is 7.82. The monoisotopic (exact) mass is 456 g/mol. The third-order valence-corrected chi connectivity index (χ3v) is 5.40. The summed E-state index contributed by atoms with van der Waals surface area (Å²) in [6, 6.07) is 8.64. The molecule has 0 fully saturated rings. The van der Waals surface area contributed by atoms with Crippen LogP contribution in [-0.2, 0) is 20.2 Å². The molecule has 0 aliphatic carbocycles. The Morgan fingerprint density at radius 3 is 2.03 bits per heavy atom. The zero-order valence-corrected chi connectivity index (χ0v) is 16.3. The molecule has 6 N–H and O–H groups in total. The van der Waals surface area contributed by atoms with Crippen molar-refractivity contribution in [1.29, 1.82) is 0 Å². The summed E-state index contributed by atoms with van der Waals surface area (Å²) in [5.74, 6) is -0.711. The third-order valence-electron chi connectivity index (χ3n) is 3.56. The van der Waals surface area contributed by atoms with Crippen molar-refractivity contribution in [2.45, 2.75) is 9.79 Å². The van der Waals surface area contributed by atoms with Crippen molar-refractivity contribution < 1.29 is 30.3 Å². The molecule has 3 aromatic rings. The van der Waals surface area contributed by atoms with Crippen molar-refractivity contribution in [3.05, 3.63) is 48.5 Å². The van der Waals surface area contributed by atoms with Crippen molar-refractivity contribution >= 4 is 49.2 Å². The predicted octanol–water partition coefficient (Wildman–Crippen LogP) is 1.57. The standard InChI is InChI=1S/C15H13FN6O6S2/c16-13-20-14(18-8-5-6-11(9(17)7-8)29(23,24)25)22-15(21-13)19-10-3-1-2-4-12(10)30(26,27)28/h1-7H,17H2,(H,23,24,25)(H,26,27,28)(H2,18,19,20,21,22).